The summed E-state index contributed by atoms with van der Waals surface area (Å²) in [4.78, 5) is 11.9. The molecular formula is C14H15BrN2O2S. The van der Waals surface area contributed by atoms with Gasteiger partial charge in [-0.2, -0.15) is 4.37 Å². The van der Waals surface area contributed by atoms with E-state index in [9.17, 15) is 4.79 Å². The summed E-state index contributed by atoms with van der Waals surface area (Å²) < 4.78 is 10.3. The summed E-state index contributed by atoms with van der Waals surface area (Å²) >= 11 is 4.72. The normalized spacial score (nSPS) is 10.3. The molecule has 0 unspecified atom stereocenters. The highest BCUT2D eigenvalue weighted by atomic mass is 79.9. The lowest BCUT2D eigenvalue weighted by Gasteiger charge is -2.07. The Bertz CT molecular complexity index is 613. The maximum absolute atomic E-state index is 11.9. The minimum atomic E-state index is -0.324. The highest BCUT2D eigenvalue weighted by Crippen LogP contribution is 2.26. The Balaban J connectivity index is 2.12. The van der Waals surface area contributed by atoms with E-state index in [1.165, 1.54) is 11.5 Å². The van der Waals surface area contributed by atoms with Crippen LogP contribution in [-0.4, -0.2) is 16.9 Å². The molecule has 2 rings (SSSR count). The van der Waals surface area contributed by atoms with Crippen molar-refractivity contribution in [3.8, 4) is 0 Å². The summed E-state index contributed by atoms with van der Waals surface area (Å²) in [6.07, 6.45) is 0. The number of hydrogen-bond acceptors (Lipinski definition) is 5. The number of esters is 1. The van der Waals surface area contributed by atoms with E-state index in [1.807, 2.05) is 31.2 Å². The van der Waals surface area contributed by atoms with Crippen molar-refractivity contribution in [3.63, 3.8) is 0 Å². The van der Waals surface area contributed by atoms with Crippen LogP contribution >= 0.6 is 27.5 Å². The SMILES string of the molecule is CCOC(=O)c1c(C)nsc1NCc1cccc(Br)c1. The minimum Gasteiger partial charge on any atom is -0.462 e. The number of benzene rings is 1. The van der Waals surface area contributed by atoms with Gasteiger partial charge in [0.2, 0.25) is 0 Å². The van der Waals surface area contributed by atoms with Gasteiger partial charge in [-0.15, -0.1) is 0 Å². The molecule has 0 fully saturated rings. The second-order valence-electron chi connectivity index (χ2n) is 4.18. The van der Waals surface area contributed by atoms with Crippen molar-refractivity contribution in [2.75, 3.05) is 11.9 Å². The smallest absolute Gasteiger partial charge is 0.343 e. The number of nitrogens with zero attached hydrogens (tertiary/aromatic N) is 1. The van der Waals surface area contributed by atoms with Gasteiger partial charge in [-0.3, -0.25) is 0 Å². The molecule has 0 atom stereocenters. The Hall–Kier alpha value is -1.40. The molecule has 1 aromatic heterocycles. The third-order valence-electron chi connectivity index (χ3n) is 2.68. The standard InChI is InChI=1S/C14H15BrN2O2S/c1-3-19-14(18)12-9(2)17-20-13(12)16-8-10-5-4-6-11(15)7-10/h4-7,16H,3,8H2,1-2H3. The average molecular weight is 355 g/mol. The molecule has 0 aliphatic carbocycles. The first-order chi connectivity index (χ1) is 9.61. The van der Waals surface area contributed by atoms with Crippen molar-refractivity contribution in [1.82, 2.24) is 4.37 Å². The molecule has 20 heavy (non-hydrogen) atoms. The fourth-order valence-electron chi connectivity index (χ4n) is 1.76. The van der Waals surface area contributed by atoms with Crippen LogP contribution in [0.1, 0.15) is 28.5 Å². The van der Waals surface area contributed by atoms with Crippen molar-refractivity contribution >= 4 is 38.4 Å². The number of carbonyl (C=O) groups is 1. The third kappa shape index (κ3) is 3.58. The largest absolute Gasteiger partial charge is 0.462 e. The fourth-order valence-corrected chi connectivity index (χ4v) is 2.99. The van der Waals surface area contributed by atoms with Crippen LogP contribution in [0.3, 0.4) is 0 Å². The number of anilines is 1. The van der Waals surface area contributed by atoms with Gasteiger partial charge in [0.1, 0.15) is 10.6 Å². The van der Waals surface area contributed by atoms with Gasteiger partial charge >= 0.3 is 5.97 Å². The molecule has 1 N–H and O–H groups in total. The number of nitrogens with one attached hydrogen (secondary N) is 1. The van der Waals surface area contributed by atoms with Crippen LogP contribution in [-0.2, 0) is 11.3 Å². The van der Waals surface area contributed by atoms with E-state index < -0.39 is 0 Å². The third-order valence-corrected chi connectivity index (χ3v) is 4.07. The first-order valence-corrected chi connectivity index (χ1v) is 7.80. The molecule has 106 valence electrons. The van der Waals surface area contributed by atoms with E-state index in [0.29, 0.717) is 24.4 Å². The monoisotopic (exact) mass is 354 g/mol. The molecule has 0 aliphatic rings. The number of halogens is 1. The summed E-state index contributed by atoms with van der Waals surface area (Å²) in [5.41, 5.74) is 2.36. The zero-order valence-electron chi connectivity index (χ0n) is 11.3. The van der Waals surface area contributed by atoms with Gasteiger partial charge < -0.3 is 10.1 Å². The number of hydrogen-bond donors (Lipinski definition) is 1. The number of rotatable bonds is 5. The van der Waals surface area contributed by atoms with Gasteiger partial charge in [0.05, 0.1) is 12.3 Å². The maximum atomic E-state index is 11.9. The molecule has 0 radical (unpaired) electrons. The van der Waals surface area contributed by atoms with Crippen LogP contribution in [0.2, 0.25) is 0 Å². The molecule has 0 spiro atoms. The van der Waals surface area contributed by atoms with Crippen molar-refractivity contribution in [3.05, 3.63) is 45.6 Å². The van der Waals surface area contributed by atoms with Crippen LogP contribution in [0.15, 0.2) is 28.7 Å². The second kappa shape index (κ2) is 6.85. The van der Waals surface area contributed by atoms with E-state index >= 15 is 0 Å². The van der Waals surface area contributed by atoms with Gasteiger partial charge in [0, 0.05) is 11.0 Å². The number of aryl methyl sites for hydroxylation is 1. The highest BCUT2D eigenvalue weighted by Gasteiger charge is 2.19. The summed E-state index contributed by atoms with van der Waals surface area (Å²) in [5.74, 6) is -0.324. The first kappa shape index (κ1) is 15.0. The Kier molecular flexibility index (Phi) is 5.14. The maximum Gasteiger partial charge on any atom is 0.343 e. The Morgan fingerprint density at radius 3 is 3.00 bits per heavy atom. The molecule has 0 saturated heterocycles. The molecule has 4 nitrogen and oxygen atoms in total. The van der Waals surface area contributed by atoms with Gasteiger partial charge in [0.25, 0.3) is 0 Å². The molecule has 0 aliphatic heterocycles. The lowest BCUT2D eigenvalue weighted by atomic mass is 10.2. The molecule has 0 amide bonds. The fraction of sp³-hybridized carbons (Fsp3) is 0.286. The average Bonchev–Trinajstić information content (AvgIpc) is 2.78. The minimum absolute atomic E-state index is 0.324. The first-order valence-electron chi connectivity index (χ1n) is 6.23. The second-order valence-corrected chi connectivity index (χ2v) is 5.87. The van der Waals surface area contributed by atoms with E-state index in [4.69, 9.17) is 4.74 Å². The van der Waals surface area contributed by atoms with Crippen LogP contribution in [0.4, 0.5) is 5.00 Å². The zero-order valence-corrected chi connectivity index (χ0v) is 13.7. The van der Waals surface area contributed by atoms with Crippen LogP contribution in [0, 0.1) is 6.92 Å². The summed E-state index contributed by atoms with van der Waals surface area (Å²) in [6, 6.07) is 8.01. The number of aromatic nitrogens is 1. The lowest BCUT2D eigenvalue weighted by Crippen LogP contribution is -2.09. The molecule has 1 heterocycles. The van der Waals surface area contributed by atoms with Crippen molar-refractivity contribution in [2.24, 2.45) is 0 Å². The molecular weight excluding hydrogens is 340 g/mol. The van der Waals surface area contributed by atoms with E-state index in [-0.39, 0.29) is 5.97 Å². The van der Waals surface area contributed by atoms with Crippen LogP contribution in [0.5, 0.6) is 0 Å². The van der Waals surface area contributed by atoms with Crippen molar-refractivity contribution in [2.45, 2.75) is 20.4 Å². The lowest BCUT2D eigenvalue weighted by molar-refractivity contribution is 0.0527. The van der Waals surface area contributed by atoms with E-state index in [2.05, 4.69) is 25.6 Å². The predicted octanol–water partition coefficient (Wildman–Crippen LogP) is 4.00. The van der Waals surface area contributed by atoms with E-state index in [0.717, 1.165) is 15.0 Å². The van der Waals surface area contributed by atoms with Gasteiger partial charge in [-0.1, -0.05) is 28.1 Å². The highest BCUT2D eigenvalue weighted by molar-refractivity contribution is 9.10. The Morgan fingerprint density at radius 1 is 1.50 bits per heavy atom. The Labute approximate surface area is 130 Å². The zero-order chi connectivity index (χ0) is 14.5. The van der Waals surface area contributed by atoms with Crippen LogP contribution < -0.4 is 5.32 Å². The molecule has 6 heteroatoms. The van der Waals surface area contributed by atoms with Gasteiger partial charge in [0.15, 0.2) is 0 Å². The number of ether oxygens (including phenoxy) is 1. The summed E-state index contributed by atoms with van der Waals surface area (Å²) in [7, 11) is 0. The van der Waals surface area contributed by atoms with Crippen molar-refractivity contribution in [1.29, 1.82) is 0 Å². The topological polar surface area (TPSA) is 51.2 Å². The number of carbonyl (C=O) groups excluding carboxylic acids is 1. The van der Waals surface area contributed by atoms with E-state index in [1.54, 1.807) is 6.92 Å². The van der Waals surface area contributed by atoms with Gasteiger partial charge in [-0.25, -0.2) is 4.79 Å². The Morgan fingerprint density at radius 2 is 2.30 bits per heavy atom. The predicted molar refractivity (Wildman–Crippen MR) is 84.3 cm³/mol. The van der Waals surface area contributed by atoms with Gasteiger partial charge in [-0.05, 0) is 43.1 Å². The quantitative estimate of drug-likeness (QED) is 0.824. The van der Waals surface area contributed by atoms with Crippen LogP contribution in [0.25, 0.3) is 0 Å². The summed E-state index contributed by atoms with van der Waals surface area (Å²) in [6.45, 7) is 4.60. The molecule has 2 aromatic rings. The molecule has 1 aromatic carbocycles. The molecule has 0 saturated carbocycles. The summed E-state index contributed by atoms with van der Waals surface area (Å²) in [5, 5.41) is 4.00. The molecule has 0 bridgehead atoms. The van der Waals surface area contributed by atoms with Crippen molar-refractivity contribution < 1.29 is 9.53 Å².